The third kappa shape index (κ3) is 7.84. The van der Waals surface area contributed by atoms with Crippen molar-refractivity contribution in [3.8, 4) is 11.8 Å². The molecule has 0 rings (SSSR count). The van der Waals surface area contributed by atoms with E-state index in [0.29, 0.717) is 0 Å². The van der Waals surface area contributed by atoms with Crippen LogP contribution < -0.4 is 0 Å². The molecule has 3 nitrogen and oxygen atoms in total. The molecule has 0 aliphatic carbocycles. The number of ether oxygens (including phenoxy) is 1. The Labute approximate surface area is 96.8 Å². The summed E-state index contributed by atoms with van der Waals surface area (Å²) in [6.45, 7) is 5.51. The molecule has 0 radical (unpaired) electrons. The summed E-state index contributed by atoms with van der Waals surface area (Å²) < 4.78 is 4.62. The third-order valence-electron chi connectivity index (χ3n) is 1.60. The van der Waals surface area contributed by atoms with Crippen molar-refractivity contribution in [3.63, 3.8) is 0 Å². The van der Waals surface area contributed by atoms with Gasteiger partial charge in [-0.3, -0.25) is 0 Å². The minimum absolute atomic E-state index is 0.282. The van der Waals surface area contributed by atoms with Crippen molar-refractivity contribution in [2.45, 2.75) is 32.8 Å². The van der Waals surface area contributed by atoms with E-state index in [-0.39, 0.29) is 6.61 Å². The van der Waals surface area contributed by atoms with E-state index in [9.17, 15) is 9.90 Å². The van der Waals surface area contributed by atoms with E-state index in [4.69, 9.17) is 0 Å². The van der Waals surface area contributed by atoms with E-state index in [0.717, 1.165) is 6.42 Å². The van der Waals surface area contributed by atoms with Crippen LogP contribution in [0.15, 0.2) is 24.3 Å². The smallest absolute Gasteiger partial charge is 0.384 e. The van der Waals surface area contributed by atoms with Crippen molar-refractivity contribution < 1.29 is 14.6 Å². The summed E-state index contributed by atoms with van der Waals surface area (Å²) in [6, 6.07) is 0. The summed E-state index contributed by atoms with van der Waals surface area (Å²) >= 11 is 0. The van der Waals surface area contributed by atoms with Gasteiger partial charge < -0.3 is 9.84 Å². The van der Waals surface area contributed by atoms with Crippen LogP contribution in [-0.4, -0.2) is 23.3 Å². The Hall–Kier alpha value is -1.53. The predicted octanol–water partition coefficient (Wildman–Crippen LogP) is 1.83. The number of aliphatic hydroxyl groups is 1. The Balaban J connectivity index is 4.38. The molecule has 0 amide bonds. The fourth-order valence-electron chi connectivity index (χ4n) is 0.844. The van der Waals surface area contributed by atoms with Crippen LogP contribution in [0.3, 0.4) is 0 Å². The van der Waals surface area contributed by atoms with Gasteiger partial charge in [-0.05, 0) is 26.3 Å². The number of rotatable bonds is 4. The summed E-state index contributed by atoms with van der Waals surface area (Å²) in [6.07, 6.45) is 7.92. The first kappa shape index (κ1) is 14.5. The van der Waals surface area contributed by atoms with E-state index >= 15 is 0 Å². The molecule has 0 spiro atoms. The fraction of sp³-hybridized carbons (Fsp3) is 0.462. The molecule has 3 heteroatoms. The number of allylic oxidation sites excluding steroid dienone is 3. The molecule has 1 atom stereocenters. The zero-order valence-corrected chi connectivity index (χ0v) is 9.99. The van der Waals surface area contributed by atoms with Gasteiger partial charge in [0.15, 0.2) is 0 Å². The summed E-state index contributed by atoms with van der Waals surface area (Å²) in [5.74, 6) is 4.03. The van der Waals surface area contributed by atoms with Crippen molar-refractivity contribution in [1.82, 2.24) is 0 Å². The third-order valence-corrected chi connectivity index (χ3v) is 1.60. The van der Waals surface area contributed by atoms with Gasteiger partial charge in [0, 0.05) is 5.92 Å². The quantitative estimate of drug-likeness (QED) is 0.341. The first-order valence-corrected chi connectivity index (χ1v) is 5.28. The maximum absolute atomic E-state index is 10.9. The zero-order chi connectivity index (χ0) is 12.4. The van der Waals surface area contributed by atoms with Crippen molar-refractivity contribution >= 4 is 5.97 Å². The summed E-state index contributed by atoms with van der Waals surface area (Å²) in [5, 5.41) is 9.73. The monoisotopic (exact) mass is 222 g/mol. The largest absolute Gasteiger partial charge is 0.456 e. The molecule has 1 unspecified atom stereocenters. The Morgan fingerprint density at radius 2 is 2.12 bits per heavy atom. The van der Waals surface area contributed by atoms with Crippen molar-refractivity contribution in [2.24, 2.45) is 0 Å². The minimum atomic E-state index is -1.31. The van der Waals surface area contributed by atoms with Crippen molar-refractivity contribution in [2.75, 3.05) is 6.61 Å². The van der Waals surface area contributed by atoms with Gasteiger partial charge in [0.25, 0.3) is 0 Å². The van der Waals surface area contributed by atoms with Gasteiger partial charge in [-0.25, -0.2) is 4.79 Å². The SMILES string of the molecule is CC/C=C/C=C/C(C)(O)C#CC(=O)OCC. The van der Waals surface area contributed by atoms with Gasteiger partial charge >= 0.3 is 5.97 Å². The highest BCUT2D eigenvalue weighted by Gasteiger charge is 2.11. The van der Waals surface area contributed by atoms with Crippen molar-refractivity contribution in [3.05, 3.63) is 24.3 Å². The van der Waals surface area contributed by atoms with Gasteiger partial charge in [0.05, 0.1) is 6.61 Å². The summed E-state index contributed by atoms with van der Waals surface area (Å²) in [7, 11) is 0. The highest BCUT2D eigenvalue weighted by atomic mass is 16.5. The molecule has 0 saturated carbocycles. The first-order valence-electron chi connectivity index (χ1n) is 5.28. The highest BCUT2D eigenvalue weighted by Crippen LogP contribution is 2.03. The molecule has 16 heavy (non-hydrogen) atoms. The van der Waals surface area contributed by atoms with Gasteiger partial charge in [0.2, 0.25) is 0 Å². The van der Waals surface area contributed by atoms with Crippen LogP contribution in [0.25, 0.3) is 0 Å². The normalized spacial score (nSPS) is 14.5. The van der Waals surface area contributed by atoms with Crippen LogP contribution in [-0.2, 0) is 9.53 Å². The lowest BCUT2D eigenvalue weighted by atomic mass is 10.1. The summed E-state index contributed by atoms with van der Waals surface area (Å²) in [5.41, 5.74) is -1.31. The van der Waals surface area contributed by atoms with Crippen molar-refractivity contribution in [1.29, 1.82) is 0 Å². The van der Waals surface area contributed by atoms with E-state index in [1.54, 1.807) is 13.0 Å². The van der Waals surface area contributed by atoms with E-state index in [1.165, 1.54) is 13.0 Å². The number of esters is 1. The molecule has 0 aliphatic rings. The standard InChI is InChI=1S/C13H18O3/c1-4-6-7-8-10-13(3,15)11-9-12(14)16-5-2/h6-8,10,15H,4-5H2,1-3H3/b7-6+,10-8+. The molecule has 0 aromatic heterocycles. The Bertz CT molecular complexity index is 327. The summed E-state index contributed by atoms with van der Waals surface area (Å²) in [4.78, 5) is 10.9. The van der Waals surface area contributed by atoms with Gasteiger partial charge in [-0.1, -0.05) is 31.1 Å². The zero-order valence-electron chi connectivity index (χ0n) is 9.99. The van der Waals surface area contributed by atoms with Crippen LogP contribution in [0.5, 0.6) is 0 Å². The molecule has 0 saturated heterocycles. The highest BCUT2D eigenvalue weighted by molar-refractivity contribution is 5.88. The number of carbonyl (C=O) groups is 1. The molecule has 1 N–H and O–H groups in total. The predicted molar refractivity (Wildman–Crippen MR) is 63.6 cm³/mol. The molecule has 0 fully saturated rings. The molecule has 0 aliphatic heterocycles. The Morgan fingerprint density at radius 3 is 2.69 bits per heavy atom. The number of hydrogen-bond acceptors (Lipinski definition) is 3. The van der Waals surface area contributed by atoms with Crippen LogP contribution in [0.1, 0.15) is 27.2 Å². The topological polar surface area (TPSA) is 46.5 Å². The van der Waals surface area contributed by atoms with E-state index in [1.807, 2.05) is 19.1 Å². The van der Waals surface area contributed by atoms with E-state index < -0.39 is 11.6 Å². The second-order valence-electron chi connectivity index (χ2n) is 3.31. The number of hydrogen-bond donors (Lipinski definition) is 1. The molecule has 0 aromatic rings. The average molecular weight is 222 g/mol. The molecular weight excluding hydrogens is 204 g/mol. The van der Waals surface area contributed by atoms with Crippen LogP contribution in [0.4, 0.5) is 0 Å². The second-order valence-corrected chi connectivity index (χ2v) is 3.31. The molecule has 88 valence electrons. The van der Waals surface area contributed by atoms with Crippen LogP contribution in [0, 0.1) is 11.8 Å². The maximum atomic E-state index is 10.9. The fourth-order valence-corrected chi connectivity index (χ4v) is 0.844. The Kier molecular flexibility index (Phi) is 6.98. The lowest BCUT2D eigenvalue weighted by Crippen LogP contribution is -2.18. The van der Waals surface area contributed by atoms with Crippen LogP contribution in [0.2, 0.25) is 0 Å². The molecule has 0 aromatic carbocycles. The maximum Gasteiger partial charge on any atom is 0.384 e. The van der Waals surface area contributed by atoms with Gasteiger partial charge in [0.1, 0.15) is 5.60 Å². The average Bonchev–Trinajstić information content (AvgIpc) is 2.22. The minimum Gasteiger partial charge on any atom is -0.456 e. The molecular formula is C13H18O3. The number of carbonyl (C=O) groups excluding carboxylic acids is 1. The van der Waals surface area contributed by atoms with E-state index in [2.05, 4.69) is 16.6 Å². The molecule has 0 bridgehead atoms. The van der Waals surface area contributed by atoms with Gasteiger partial charge in [-0.2, -0.15) is 0 Å². The lowest BCUT2D eigenvalue weighted by molar-refractivity contribution is -0.136. The lowest BCUT2D eigenvalue weighted by Gasteiger charge is -2.08. The van der Waals surface area contributed by atoms with Gasteiger partial charge in [-0.15, -0.1) is 0 Å². The first-order chi connectivity index (χ1) is 7.52. The second kappa shape index (κ2) is 7.72. The van der Waals surface area contributed by atoms with Crippen LogP contribution >= 0.6 is 0 Å². The Morgan fingerprint density at radius 1 is 1.44 bits per heavy atom. The molecule has 0 heterocycles.